The Bertz CT molecular complexity index is 997. The van der Waals surface area contributed by atoms with Crippen molar-refractivity contribution in [2.75, 3.05) is 24.2 Å². The zero-order chi connectivity index (χ0) is 21.3. The van der Waals surface area contributed by atoms with Gasteiger partial charge in [0.25, 0.3) is 11.7 Å². The van der Waals surface area contributed by atoms with E-state index in [1.807, 2.05) is 41.3 Å². The first kappa shape index (κ1) is 20.2. The number of likely N-dealkylation sites (tertiary alicyclic amines) is 1. The van der Waals surface area contributed by atoms with Crippen LogP contribution in [-0.2, 0) is 4.79 Å². The molecule has 1 spiro atoms. The molecule has 31 heavy (non-hydrogen) atoms. The highest BCUT2D eigenvalue weighted by molar-refractivity contribution is 8.00. The summed E-state index contributed by atoms with van der Waals surface area (Å²) in [5, 5.41) is 2.97. The first-order valence-corrected chi connectivity index (χ1v) is 11.9. The fourth-order valence-electron chi connectivity index (χ4n) is 4.47. The number of nitrogens with one attached hydrogen (secondary N) is 1. The summed E-state index contributed by atoms with van der Waals surface area (Å²) in [5.41, 5.74) is 1.22. The SMILES string of the molecule is O=C(Nc1ccc2c(c1)OC1(CCCC1)O2)c1ccccc1SCC(=O)N1CCCC1. The summed E-state index contributed by atoms with van der Waals surface area (Å²) < 4.78 is 12.1. The molecule has 1 saturated carbocycles. The Kier molecular flexibility index (Phi) is 5.52. The molecule has 0 unspecified atom stereocenters. The Balaban J connectivity index is 1.26. The van der Waals surface area contributed by atoms with Gasteiger partial charge in [0.1, 0.15) is 0 Å². The van der Waals surface area contributed by atoms with E-state index in [0.717, 1.165) is 62.3 Å². The molecule has 0 aromatic heterocycles. The number of hydrogen-bond donors (Lipinski definition) is 1. The molecular weight excluding hydrogens is 412 g/mol. The lowest BCUT2D eigenvalue weighted by Crippen LogP contribution is -2.34. The number of rotatable bonds is 5. The van der Waals surface area contributed by atoms with Gasteiger partial charge in [-0.05, 0) is 49.9 Å². The average Bonchev–Trinajstić information content (AvgIpc) is 3.53. The van der Waals surface area contributed by atoms with Crippen LogP contribution in [0.5, 0.6) is 11.5 Å². The highest BCUT2D eigenvalue weighted by Gasteiger charge is 2.44. The molecule has 5 rings (SSSR count). The van der Waals surface area contributed by atoms with Crippen molar-refractivity contribution in [2.24, 2.45) is 0 Å². The van der Waals surface area contributed by atoms with E-state index in [0.29, 0.717) is 22.8 Å². The van der Waals surface area contributed by atoms with Gasteiger partial charge >= 0.3 is 0 Å². The van der Waals surface area contributed by atoms with Gasteiger partial charge in [-0.3, -0.25) is 9.59 Å². The van der Waals surface area contributed by atoms with Gasteiger partial charge in [-0.2, -0.15) is 0 Å². The van der Waals surface area contributed by atoms with Gasteiger partial charge in [0.2, 0.25) is 5.91 Å². The number of anilines is 1. The predicted molar refractivity (Wildman–Crippen MR) is 120 cm³/mol. The molecule has 2 amide bonds. The molecule has 2 aliphatic heterocycles. The van der Waals surface area contributed by atoms with Crippen molar-refractivity contribution >= 4 is 29.3 Å². The van der Waals surface area contributed by atoms with Crippen LogP contribution in [0.4, 0.5) is 5.69 Å². The summed E-state index contributed by atoms with van der Waals surface area (Å²) in [5.74, 6) is 1.17. The fraction of sp³-hybridized carbons (Fsp3) is 0.417. The van der Waals surface area contributed by atoms with Gasteiger partial charge in [-0.1, -0.05) is 12.1 Å². The minimum atomic E-state index is -0.518. The van der Waals surface area contributed by atoms with E-state index in [4.69, 9.17) is 9.47 Å². The minimum Gasteiger partial charge on any atom is -0.448 e. The van der Waals surface area contributed by atoms with E-state index in [-0.39, 0.29) is 11.8 Å². The van der Waals surface area contributed by atoms with Crippen molar-refractivity contribution < 1.29 is 19.1 Å². The number of amides is 2. The van der Waals surface area contributed by atoms with E-state index in [1.54, 1.807) is 6.07 Å². The topological polar surface area (TPSA) is 67.9 Å². The van der Waals surface area contributed by atoms with Crippen LogP contribution in [-0.4, -0.2) is 41.3 Å². The third kappa shape index (κ3) is 4.24. The van der Waals surface area contributed by atoms with Crippen molar-refractivity contribution in [2.45, 2.75) is 49.2 Å². The Morgan fingerprint density at radius 3 is 2.52 bits per heavy atom. The summed E-state index contributed by atoms with van der Waals surface area (Å²) in [6.07, 6.45) is 6.14. The minimum absolute atomic E-state index is 0.134. The first-order chi connectivity index (χ1) is 15.1. The molecule has 2 fully saturated rings. The molecule has 162 valence electrons. The molecule has 2 aromatic carbocycles. The Morgan fingerprint density at radius 2 is 1.71 bits per heavy atom. The first-order valence-electron chi connectivity index (χ1n) is 10.9. The second-order valence-electron chi connectivity index (χ2n) is 8.31. The van der Waals surface area contributed by atoms with Gasteiger partial charge in [-0.15, -0.1) is 11.8 Å². The molecule has 3 aliphatic rings. The molecule has 1 aliphatic carbocycles. The number of hydrogen-bond acceptors (Lipinski definition) is 5. The summed E-state index contributed by atoms with van der Waals surface area (Å²) in [6, 6.07) is 12.9. The molecule has 2 heterocycles. The van der Waals surface area contributed by atoms with Gasteiger partial charge in [0, 0.05) is 42.6 Å². The number of benzene rings is 2. The molecule has 6 nitrogen and oxygen atoms in total. The van der Waals surface area contributed by atoms with Gasteiger partial charge < -0.3 is 19.7 Å². The van der Waals surface area contributed by atoms with E-state index in [2.05, 4.69) is 5.32 Å². The van der Waals surface area contributed by atoms with E-state index in [9.17, 15) is 9.59 Å². The van der Waals surface area contributed by atoms with Gasteiger partial charge in [-0.25, -0.2) is 0 Å². The molecule has 0 radical (unpaired) electrons. The number of fused-ring (bicyclic) bond motifs is 1. The van der Waals surface area contributed by atoms with Crippen LogP contribution in [0.2, 0.25) is 0 Å². The number of carbonyl (C=O) groups is 2. The third-order valence-electron chi connectivity index (χ3n) is 6.10. The Hall–Kier alpha value is -2.67. The van der Waals surface area contributed by atoms with Gasteiger partial charge in [0.05, 0.1) is 11.3 Å². The molecule has 0 atom stereocenters. The van der Waals surface area contributed by atoms with Crippen LogP contribution < -0.4 is 14.8 Å². The summed E-state index contributed by atoms with van der Waals surface area (Å²) in [4.78, 5) is 28.1. The molecular formula is C24H26N2O4S. The highest BCUT2D eigenvalue weighted by Crippen LogP contribution is 2.47. The lowest BCUT2D eigenvalue weighted by Gasteiger charge is -2.21. The van der Waals surface area contributed by atoms with E-state index in [1.165, 1.54) is 11.8 Å². The van der Waals surface area contributed by atoms with E-state index >= 15 is 0 Å². The maximum Gasteiger partial charge on any atom is 0.256 e. The normalized spacial score (nSPS) is 18.5. The summed E-state index contributed by atoms with van der Waals surface area (Å²) in [6.45, 7) is 1.68. The molecule has 2 aromatic rings. The monoisotopic (exact) mass is 438 g/mol. The molecule has 1 N–H and O–H groups in total. The molecule has 0 bridgehead atoms. The highest BCUT2D eigenvalue weighted by atomic mass is 32.2. The quantitative estimate of drug-likeness (QED) is 0.686. The standard InChI is InChI=1S/C24H26N2O4S/c27-22(26-13-5-6-14-26)16-31-21-8-2-1-7-18(21)23(28)25-17-9-10-19-20(15-17)30-24(29-19)11-3-4-12-24/h1-2,7-10,15H,3-6,11-14,16H2,(H,25,28). The van der Waals surface area contributed by atoms with Crippen molar-refractivity contribution in [1.29, 1.82) is 0 Å². The van der Waals surface area contributed by atoms with Crippen LogP contribution >= 0.6 is 11.8 Å². The maximum absolute atomic E-state index is 13.0. The number of nitrogens with zero attached hydrogens (tertiary/aromatic N) is 1. The van der Waals surface area contributed by atoms with Crippen molar-refractivity contribution in [1.82, 2.24) is 4.90 Å². The van der Waals surface area contributed by atoms with Crippen LogP contribution in [0.1, 0.15) is 48.9 Å². The third-order valence-corrected chi connectivity index (χ3v) is 7.16. The average molecular weight is 439 g/mol. The second-order valence-corrected chi connectivity index (χ2v) is 9.33. The zero-order valence-electron chi connectivity index (χ0n) is 17.4. The fourth-order valence-corrected chi connectivity index (χ4v) is 5.42. The van der Waals surface area contributed by atoms with Crippen molar-refractivity contribution in [3.05, 3.63) is 48.0 Å². The number of ether oxygens (including phenoxy) is 2. The maximum atomic E-state index is 13.0. The zero-order valence-corrected chi connectivity index (χ0v) is 18.2. The Labute approximate surface area is 186 Å². The lowest BCUT2D eigenvalue weighted by atomic mass is 10.2. The Morgan fingerprint density at radius 1 is 0.968 bits per heavy atom. The predicted octanol–water partition coefficient (Wildman–Crippen LogP) is 4.69. The van der Waals surface area contributed by atoms with Crippen LogP contribution in [0.15, 0.2) is 47.4 Å². The van der Waals surface area contributed by atoms with Crippen LogP contribution in [0, 0.1) is 0 Å². The van der Waals surface area contributed by atoms with Crippen LogP contribution in [0.25, 0.3) is 0 Å². The second kappa shape index (κ2) is 8.46. The number of thioether (sulfide) groups is 1. The van der Waals surface area contributed by atoms with Gasteiger partial charge in [0.15, 0.2) is 11.5 Å². The van der Waals surface area contributed by atoms with Crippen molar-refractivity contribution in [3.8, 4) is 11.5 Å². The molecule has 7 heteroatoms. The lowest BCUT2D eigenvalue weighted by molar-refractivity contribution is -0.127. The number of carbonyl (C=O) groups excluding carboxylic acids is 2. The molecule has 1 saturated heterocycles. The van der Waals surface area contributed by atoms with Crippen molar-refractivity contribution in [3.63, 3.8) is 0 Å². The van der Waals surface area contributed by atoms with E-state index < -0.39 is 5.79 Å². The largest absolute Gasteiger partial charge is 0.448 e. The smallest absolute Gasteiger partial charge is 0.256 e. The summed E-state index contributed by atoms with van der Waals surface area (Å²) >= 11 is 1.42. The van der Waals surface area contributed by atoms with Crippen LogP contribution in [0.3, 0.4) is 0 Å². The summed E-state index contributed by atoms with van der Waals surface area (Å²) in [7, 11) is 0.